The molecule has 1 nitrogen and oxygen atoms in total. The van der Waals surface area contributed by atoms with Crippen molar-refractivity contribution in [3.63, 3.8) is 0 Å². The summed E-state index contributed by atoms with van der Waals surface area (Å²) in [7, 11) is 0. The van der Waals surface area contributed by atoms with Gasteiger partial charge in [-0.1, -0.05) is 0 Å². The van der Waals surface area contributed by atoms with Crippen LogP contribution in [-0.2, 0) is 0 Å². The predicted molar refractivity (Wildman–Crippen MR) is 23.9 cm³/mol. The van der Waals surface area contributed by atoms with Crippen LogP contribution in [-0.4, -0.2) is 5.54 Å². The van der Waals surface area contributed by atoms with E-state index in [0.29, 0.717) is 0 Å². The van der Waals surface area contributed by atoms with E-state index in [0.717, 1.165) is 0 Å². The van der Waals surface area contributed by atoms with Crippen molar-refractivity contribution < 1.29 is 12.3 Å². The van der Waals surface area contributed by atoms with Crippen molar-refractivity contribution in [1.29, 1.82) is 0 Å². The lowest BCUT2D eigenvalue weighted by atomic mass is 10.1. The number of nitrogens with two attached hydrogens (primary N) is 1. The molecule has 5 heavy (non-hydrogen) atoms. The monoisotopic (exact) mass is 82.1 g/mol. The minimum Gasteiger partial charge on any atom is -0.326 e. The molecular weight excluding hydrogens is 62.1 g/mol. The number of rotatable bonds is 0. The van der Waals surface area contributed by atoms with Crippen molar-refractivity contribution in [2.45, 2.75) is 26.1 Å². The first kappa shape index (κ1) is 0.463. The Balaban J connectivity index is 5.54. The lowest BCUT2D eigenvalue weighted by molar-refractivity contribution is 0.580. The lowest BCUT2D eigenvalue weighted by Crippen LogP contribution is -2.26. The van der Waals surface area contributed by atoms with Crippen molar-refractivity contribution in [2.24, 2.45) is 5.73 Å². The Morgan fingerprint density at radius 3 is 2.00 bits per heavy atom. The van der Waals surface area contributed by atoms with Crippen molar-refractivity contribution in [3.8, 4) is 0 Å². The zero-order valence-electron chi connectivity index (χ0n) is 11.6. The highest BCUT2D eigenvalue weighted by molar-refractivity contribution is 4.60. The third-order valence-corrected chi connectivity index (χ3v) is 0. The standard InChI is InChI=1S/C4H11N/c1-4(2,3)5/h5H2,1-3H3/i1D3,2D3,3D3. The summed E-state index contributed by atoms with van der Waals surface area (Å²) in [6, 6.07) is 0. The Kier molecular flexibility index (Phi) is 0.0905. The molecule has 0 bridgehead atoms. The largest absolute Gasteiger partial charge is 0.326 e. The Bertz CT molecular complexity index is 170. The van der Waals surface area contributed by atoms with Gasteiger partial charge in [0.25, 0.3) is 0 Å². The van der Waals surface area contributed by atoms with E-state index in [4.69, 9.17) is 18.1 Å². The Labute approximate surface area is 45.8 Å². The first-order valence-corrected chi connectivity index (χ1v) is 1.04. The van der Waals surface area contributed by atoms with Gasteiger partial charge in [0, 0.05) is 17.9 Å². The highest BCUT2D eigenvalue weighted by Gasteiger charge is 1.95. The minimum absolute atomic E-state index is 3.19. The summed E-state index contributed by atoms with van der Waals surface area (Å²) in [5.41, 5.74) is 1.85. The molecule has 0 aliphatic heterocycles. The first-order chi connectivity index (χ1) is 5.75. The van der Waals surface area contributed by atoms with Crippen LogP contribution < -0.4 is 5.73 Å². The SMILES string of the molecule is [2H]C([2H])([2H])C(N)(C([2H])([2H])[2H])C([2H])([2H])[2H]. The van der Waals surface area contributed by atoms with Crippen LogP contribution in [0.15, 0.2) is 0 Å². The summed E-state index contributed by atoms with van der Waals surface area (Å²) < 4.78 is 62.0. The topological polar surface area (TPSA) is 26.0 Å². The summed E-state index contributed by atoms with van der Waals surface area (Å²) in [6.45, 7) is -9.82. The van der Waals surface area contributed by atoms with Gasteiger partial charge in [0.2, 0.25) is 0 Å². The lowest BCUT2D eigenvalue weighted by Gasteiger charge is -2.06. The van der Waals surface area contributed by atoms with Crippen LogP contribution in [0.2, 0.25) is 0 Å². The predicted octanol–water partition coefficient (Wildman–Crippen LogP) is 0.744. The molecule has 0 atom stereocenters. The second-order valence-corrected chi connectivity index (χ2v) is 0.808. The molecule has 0 spiro atoms. The van der Waals surface area contributed by atoms with E-state index in [-0.39, 0.29) is 0 Å². The van der Waals surface area contributed by atoms with Gasteiger partial charge in [0.1, 0.15) is 0 Å². The van der Waals surface area contributed by atoms with Crippen LogP contribution in [0.1, 0.15) is 32.9 Å². The van der Waals surface area contributed by atoms with E-state index in [1.165, 1.54) is 0 Å². The van der Waals surface area contributed by atoms with Crippen LogP contribution in [0, 0.1) is 0 Å². The van der Waals surface area contributed by atoms with Gasteiger partial charge in [-0.15, -0.1) is 0 Å². The highest BCUT2D eigenvalue weighted by Crippen LogP contribution is 1.88. The molecule has 0 unspecified atom stereocenters. The molecule has 0 aliphatic rings. The fourth-order valence-corrected chi connectivity index (χ4v) is 0. The van der Waals surface area contributed by atoms with Gasteiger partial charge in [0.15, 0.2) is 0 Å². The maximum Gasteiger partial charge on any atom is 0.0249 e. The summed E-state index contributed by atoms with van der Waals surface area (Å²) in [5.74, 6) is 0. The van der Waals surface area contributed by atoms with E-state index < -0.39 is 26.1 Å². The van der Waals surface area contributed by atoms with E-state index in [1.807, 2.05) is 0 Å². The van der Waals surface area contributed by atoms with Crippen LogP contribution in [0.3, 0.4) is 0 Å². The zero-order chi connectivity index (χ0) is 12.0. The molecule has 0 aromatic heterocycles. The summed E-state index contributed by atoms with van der Waals surface area (Å²) in [4.78, 5) is 0. The maximum absolute atomic E-state index is 6.89. The molecule has 1 heteroatoms. The first-order valence-electron chi connectivity index (χ1n) is 5.54. The molecule has 32 valence electrons. The molecule has 0 amide bonds. The fraction of sp³-hybridized carbons (Fsp3) is 1.00. The normalized spacial score (nSPS) is 46.2. The third kappa shape index (κ3) is 9510. The van der Waals surface area contributed by atoms with Crippen molar-refractivity contribution in [3.05, 3.63) is 0 Å². The molecule has 0 aromatic carbocycles. The average molecular weight is 82.2 g/mol. The molecule has 0 aromatic rings. The van der Waals surface area contributed by atoms with Gasteiger partial charge in [-0.25, -0.2) is 0 Å². The molecule has 0 heterocycles. The molecule has 0 saturated heterocycles. The molecule has 0 rings (SSSR count). The van der Waals surface area contributed by atoms with Crippen LogP contribution >= 0.6 is 0 Å². The molecular formula is C4H11N. The zero-order valence-corrected chi connectivity index (χ0v) is 2.58. The fourth-order valence-electron chi connectivity index (χ4n) is 0. The van der Waals surface area contributed by atoms with Gasteiger partial charge < -0.3 is 5.73 Å². The number of hydrogen-bond donors (Lipinski definition) is 1. The quantitative estimate of drug-likeness (QED) is 0.458. The smallest absolute Gasteiger partial charge is 0.0249 e. The highest BCUT2D eigenvalue weighted by atomic mass is 14.7. The third-order valence-electron chi connectivity index (χ3n) is 0. The molecule has 0 aliphatic carbocycles. The van der Waals surface area contributed by atoms with Gasteiger partial charge >= 0.3 is 0 Å². The van der Waals surface area contributed by atoms with E-state index in [1.54, 1.807) is 0 Å². The van der Waals surface area contributed by atoms with E-state index in [2.05, 4.69) is 0 Å². The summed E-state index contributed by atoms with van der Waals surface area (Å²) in [5, 5.41) is 0. The van der Waals surface area contributed by atoms with Crippen molar-refractivity contribution >= 4 is 0 Å². The number of hydrogen-bond acceptors (Lipinski definition) is 1. The molecule has 0 radical (unpaired) electrons. The summed E-state index contributed by atoms with van der Waals surface area (Å²) >= 11 is 0. The molecule has 0 saturated carbocycles. The van der Waals surface area contributed by atoms with Gasteiger partial charge in [-0.05, 0) is 20.6 Å². The van der Waals surface area contributed by atoms with Crippen molar-refractivity contribution in [2.75, 3.05) is 0 Å². The van der Waals surface area contributed by atoms with Gasteiger partial charge in [0.05, 0.1) is 0 Å². The van der Waals surface area contributed by atoms with Crippen LogP contribution in [0.25, 0.3) is 0 Å². The van der Waals surface area contributed by atoms with E-state index >= 15 is 0 Å². The average Bonchev–Trinajstić information content (AvgIpc) is 1.77. The second-order valence-electron chi connectivity index (χ2n) is 0.808. The van der Waals surface area contributed by atoms with Gasteiger partial charge in [-0.3, -0.25) is 0 Å². The van der Waals surface area contributed by atoms with Crippen molar-refractivity contribution in [1.82, 2.24) is 0 Å². The Morgan fingerprint density at radius 1 is 1.60 bits per heavy atom. The minimum atomic E-state index is -3.27. The molecule has 2 N–H and O–H groups in total. The maximum atomic E-state index is 6.89. The summed E-state index contributed by atoms with van der Waals surface area (Å²) in [6.07, 6.45) is 0. The molecule has 0 fully saturated rings. The Hall–Kier alpha value is -0.0400. The van der Waals surface area contributed by atoms with Gasteiger partial charge in [-0.2, -0.15) is 0 Å². The van der Waals surface area contributed by atoms with Crippen LogP contribution in [0.5, 0.6) is 0 Å². The van der Waals surface area contributed by atoms with Crippen LogP contribution in [0.4, 0.5) is 0 Å². The Morgan fingerprint density at radius 2 is 2.00 bits per heavy atom. The second kappa shape index (κ2) is 0.977. The van der Waals surface area contributed by atoms with E-state index in [9.17, 15) is 0 Å².